The second-order valence-corrected chi connectivity index (χ2v) is 11.2. The summed E-state index contributed by atoms with van der Waals surface area (Å²) >= 11 is 0. The lowest BCUT2D eigenvalue weighted by Gasteiger charge is -2.42. The van der Waals surface area contributed by atoms with Gasteiger partial charge in [0, 0.05) is 36.8 Å². The number of aromatic nitrogens is 1. The Labute approximate surface area is 205 Å². The lowest BCUT2D eigenvalue weighted by atomic mass is 9.68. The number of hydrogen-bond acceptors (Lipinski definition) is 5. The van der Waals surface area contributed by atoms with Crippen molar-refractivity contribution in [1.82, 2.24) is 10.3 Å². The topological polar surface area (TPSA) is 75.3 Å². The van der Waals surface area contributed by atoms with E-state index in [0.717, 1.165) is 48.8 Å². The Morgan fingerprint density at radius 1 is 1.15 bits per heavy atom. The number of anilines is 2. The molecule has 1 heterocycles. The zero-order chi connectivity index (χ0) is 24.9. The van der Waals surface area contributed by atoms with Crippen LogP contribution in [0.4, 0.5) is 11.5 Å². The first kappa shape index (κ1) is 25.9. The summed E-state index contributed by atoms with van der Waals surface area (Å²) in [6, 6.07) is 11.7. The molecule has 2 atom stereocenters. The number of nitrogens with one attached hydrogen (secondary N) is 3. The van der Waals surface area contributed by atoms with Crippen molar-refractivity contribution >= 4 is 17.4 Å². The number of pyridine rings is 1. The molecule has 1 amide bonds. The highest BCUT2D eigenvalue weighted by Gasteiger charge is 2.38. The minimum absolute atomic E-state index is 0.0253. The van der Waals surface area contributed by atoms with E-state index in [4.69, 9.17) is 9.72 Å². The Bertz CT molecular complexity index is 963. The maximum Gasteiger partial charge on any atom is 0.251 e. The Morgan fingerprint density at radius 2 is 1.85 bits per heavy atom. The highest BCUT2D eigenvalue weighted by atomic mass is 16.5. The maximum absolute atomic E-state index is 13.0. The fraction of sp³-hybridized carbons (Fsp3) is 0.571. The van der Waals surface area contributed by atoms with Crippen molar-refractivity contribution in [1.29, 1.82) is 0 Å². The van der Waals surface area contributed by atoms with Gasteiger partial charge in [0.1, 0.15) is 11.6 Å². The van der Waals surface area contributed by atoms with Gasteiger partial charge in [0.15, 0.2) is 0 Å². The number of rotatable bonds is 8. The SMILES string of the molecule is CCOc1ccc(C(=O)NC2CC(c3ccc(NCC(C)(C)C)c(NC)n3)CCC2(C)C)cc1. The zero-order valence-corrected chi connectivity index (χ0v) is 21.9. The average Bonchev–Trinajstić information content (AvgIpc) is 2.79. The van der Waals surface area contributed by atoms with E-state index in [1.54, 1.807) is 0 Å². The third kappa shape index (κ3) is 6.64. The van der Waals surface area contributed by atoms with E-state index in [2.05, 4.69) is 62.7 Å². The second-order valence-electron chi connectivity index (χ2n) is 11.2. The average molecular weight is 467 g/mol. The van der Waals surface area contributed by atoms with Crippen LogP contribution in [-0.2, 0) is 0 Å². The summed E-state index contributed by atoms with van der Waals surface area (Å²) in [6.45, 7) is 14.6. The first-order valence-corrected chi connectivity index (χ1v) is 12.5. The van der Waals surface area contributed by atoms with Crippen LogP contribution in [0.5, 0.6) is 5.75 Å². The molecule has 1 aliphatic rings. The van der Waals surface area contributed by atoms with Gasteiger partial charge in [0.2, 0.25) is 0 Å². The molecule has 6 heteroatoms. The number of ether oxygens (including phenoxy) is 1. The molecule has 0 radical (unpaired) electrons. The summed E-state index contributed by atoms with van der Waals surface area (Å²) in [5, 5.41) is 10.1. The van der Waals surface area contributed by atoms with Crippen molar-refractivity contribution < 1.29 is 9.53 Å². The van der Waals surface area contributed by atoms with E-state index >= 15 is 0 Å². The lowest BCUT2D eigenvalue weighted by molar-refractivity contribution is 0.0836. The molecule has 1 aromatic carbocycles. The summed E-state index contributed by atoms with van der Waals surface area (Å²) in [5.41, 5.74) is 2.98. The Hall–Kier alpha value is -2.76. The zero-order valence-electron chi connectivity index (χ0n) is 21.9. The van der Waals surface area contributed by atoms with Gasteiger partial charge in [0.05, 0.1) is 12.3 Å². The molecule has 0 bridgehead atoms. The number of hydrogen-bond donors (Lipinski definition) is 3. The number of nitrogens with zero attached hydrogens (tertiary/aromatic N) is 1. The Kier molecular flexibility index (Phi) is 8.11. The van der Waals surface area contributed by atoms with Gasteiger partial charge in [-0.25, -0.2) is 4.98 Å². The van der Waals surface area contributed by atoms with Gasteiger partial charge in [-0.1, -0.05) is 34.6 Å². The van der Waals surface area contributed by atoms with Crippen molar-refractivity contribution in [2.75, 3.05) is 30.8 Å². The molecule has 2 aromatic rings. The highest BCUT2D eigenvalue weighted by Crippen LogP contribution is 2.43. The first-order valence-electron chi connectivity index (χ1n) is 12.5. The van der Waals surface area contributed by atoms with Crippen molar-refractivity contribution in [3.63, 3.8) is 0 Å². The second kappa shape index (κ2) is 10.7. The largest absolute Gasteiger partial charge is 0.494 e. The Morgan fingerprint density at radius 3 is 2.47 bits per heavy atom. The quantitative estimate of drug-likeness (QED) is 0.440. The van der Waals surface area contributed by atoms with E-state index in [-0.39, 0.29) is 22.8 Å². The summed E-state index contributed by atoms with van der Waals surface area (Å²) in [6.07, 6.45) is 2.97. The number of benzene rings is 1. The minimum Gasteiger partial charge on any atom is -0.494 e. The van der Waals surface area contributed by atoms with E-state index in [1.165, 1.54) is 0 Å². The summed E-state index contributed by atoms with van der Waals surface area (Å²) in [4.78, 5) is 18.0. The molecular formula is C28H42N4O2. The van der Waals surface area contributed by atoms with Crippen molar-refractivity contribution in [2.24, 2.45) is 10.8 Å². The monoisotopic (exact) mass is 466 g/mol. The number of amides is 1. The molecule has 1 aromatic heterocycles. The van der Waals surface area contributed by atoms with Crippen LogP contribution >= 0.6 is 0 Å². The fourth-order valence-corrected chi connectivity index (χ4v) is 4.47. The molecule has 6 nitrogen and oxygen atoms in total. The van der Waals surface area contributed by atoms with Crippen LogP contribution < -0.4 is 20.7 Å². The van der Waals surface area contributed by atoms with Crippen LogP contribution in [0.1, 0.15) is 82.8 Å². The van der Waals surface area contributed by atoms with Crippen LogP contribution in [0.15, 0.2) is 36.4 Å². The molecule has 1 saturated carbocycles. The molecule has 1 aliphatic carbocycles. The normalized spacial score (nSPS) is 19.9. The lowest BCUT2D eigenvalue weighted by Crippen LogP contribution is -2.48. The van der Waals surface area contributed by atoms with Crippen LogP contribution in [-0.4, -0.2) is 37.1 Å². The summed E-state index contributed by atoms with van der Waals surface area (Å²) in [5.74, 6) is 1.93. The van der Waals surface area contributed by atoms with E-state index in [1.807, 2.05) is 38.2 Å². The van der Waals surface area contributed by atoms with Gasteiger partial charge in [-0.05, 0) is 73.4 Å². The van der Waals surface area contributed by atoms with E-state index in [9.17, 15) is 4.79 Å². The Balaban J connectivity index is 1.72. The number of carbonyl (C=O) groups is 1. The van der Waals surface area contributed by atoms with Gasteiger partial charge >= 0.3 is 0 Å². The predicted octanol–water partition coefficient (Wildman–Crippen LogP) is 6.07. The minimum atomic E-state index is -0.0348. The first-order chi connectivity index (χ1) is 16.0. The molecule has 2 unspecified atom stereocenters. The molecule has 0 aliphatic heterocycles. The molecule has 1 fully saturated rings. The highest BCUT2D eigenvalue weighted by molar-refractivity contribution is 5.94. The fourth-order valence-electron chi connectivity index (χ4n) is 4.47. The maximum atomic E-state index is 13.0. The molecule has 0 spiro atoms. The molecule has 0 saturated heterocycles. The molecule has 3 N–H and O–H groups in total. The van der Waals surface area contributed by atoms with Crippen molar-refractivity contribution in [2.45, 2.75) is 72.8 Å². The molecule has 34 heavy (non-hydrogen) atoms. The van der Waals surface area contributed by atoms with Gasteiger partial charge in [-0.3, -0.25) is 4.79 Å². The summed E-state index contributed by atoms with van der Waals surface area (Å²) in [7, 11) is 1.91. The van der Waals surface area contributed by atoms with Gasteiger partial charge < -0.3 is 20.7 Å². The van der Waals surface area contributed by atoms with Crippen molar-refractivity contribution in [3.8, 4) is 5.75 Å². The smallest absolute Gasteiger partial charge is 0.251 e. The van der Waals surface area contributed by atoms with Gasteiger partial charge in [-0.2, -0.15) is 0 Å². The van der Waals surface area contributed by atoms with Crippen LogP contribution in [0.3, 0.4) is 0 Å². The third-order valence-corrected chi connectivity index (χ3v) is 6.71. The predicted molar refractivity (Wildman–Crippen MR) is 141 cm³/mol. The molecule has 186 valence electrons. The number of carbonyl (C=O) groups excluding carboxylic acids is 1. The third-order valence-electron chi connectivity index (χ3n) is 6.71. The summed E-state index contributed by atoms with van der Waals surface area (Å²) < 4.78 is 5.50. The van der Waals surface area contributed by atoms with Crippen LogP contribution in [0.25, 0.3) is 0 Å². The van der Waals surface area contributed by atoms with E-state index < -0.39 is 0 Å². The van der Waals surface area contributed by atoms with Crippen LogP contribution in [0.2, 0.25) is 0 Å². The molecular weight excluding hydrogens is 424 g/mol. The van der Waals surface area contributed by atoms with E-state index in [0.29, 0.717) is 18.1 Å². The van der Waals surface area contributed by atoms with Gasteiger partial charge in [0.25, 0.3) is 5.91 Å². The molecule has 3 rings (SSSR count). The van der Waals surface area contributed by atoms with Crippen LogP contribution in [0, 0.1) is 10.8 Å². The standard InChI is InChI=1S/C28H42N4O2/c1-8-34-21-11-9-19(10-12-21)26(33)32-24-17-20(15-16-28(24,5)6)22-13-14-23(25(29-7)31-22)30-18-27(2,3)4/h9-14,20,24,30H,8,15-18H2,1-7H3,(H,29,31)(H,32,33). The van der Waals surface area contributed by atoms with Gasteiger partial charge in [-0.15, -0.1) is 0 Å². The van der Waals surface area contributed by atoms with Crippen molar-refractivity contribution in [3.05, 3.63) is 47.7 Å².